The molecule has 0 atom stereocenters. The van der Waals surface area contributed by atoms with E-state index in [9.17, 15) is 9.59 Å². The van der Waals surface area contributed by atoms with E-state index in [4.69, 9.17) is 46.3 Å². The van der Waals surface area contributed by atoms with Crippen LogP contribution in [-0.2, 0) is 9.47 Å². The van der Waals surface area contributed by atoms with Gasteiger partial charge in [0.05, 0.1) is 44.0 Å². The molecule has 0 saturated heterocycles. The van der Waals surface area contributed by atoms with Gasteiger partial charge in [0.2, 0.25) is 0 Å². The van der Waals surface area contributed by atoms with Crippen LogP contribution in [0, 0.1) is 3.57 Å². The van der Waals surface area contributed by atoms with E-state index in [0.29, 0.717) is 25.5 Å². The lowest BCUT2D eigenvalue weighted by Gasteiger charge is -2.08. The van der Waals surface area contributed by atoms with Crippen LogP contribution in [0.2, 0.25) is 15.1 Å². The predicted octanol–water partition coefficient (Wildman–Crippen LogP) is 4.68. The summed E-state index contributed by atoms with van der Waals surface area (Å²) in [6.45, 7) is 0. The molecule has 0 unspecified atom stereocenters. The molecule has 0 fully saturated rings. The predicted molar refractivity (Wildman–Crippen MR) is 112 cm³/mol. The number of halogens is 4. The topological polar surface area (TPSA) is 105 Å². The molecule has 2 rings (SSSR count). The fourth-order valence-corrected chi connectivity index (χ4v) is 3.03. The van der Waals surface area contributed by atoms with Gasteiger partial charge in [0, 0.05) is 11.4 Å². The van der Waals surface area contributed by atoms with Crippen molar-refractivity contribution in [3.8, 4) is 0 Å². The SMILES string of the molecule is COC(=O)c1c(Cl)cc(N)c(I)c1Cl.COC(=O)c1ccc(N)cc1Cl. The van der Waals surface area contributed by atoms with Crippen LogP contribution in [-0.4, -0.2) is 26.2 Å². The van der Waals surface area contributed by atoms with E-state index < -0.39 is 11.9 Å². The monoisotopic (exact) mass is 530 g/mol. The maximum absolute atomic E-state index is 11.3. The molecule has 0 aliphatic heterocycles. The summed E-state index contributed by atoms with van der Waals surface area (Å²) in [6.07, 6.45) is 0. The molecule has 140 valence electrons. The quantitative estimate of drug-likeness (QED) is 0.253. The molecule has 0 heterocycles. The van der Waals surface area contributed by atoms with Gasteiger partial charge >= 0.3 is 11.9 Å². The average molecular weight is 532 g/mol. The number of methoxy groups -OCH3 is 2. The summed E-state index contributed by atoms with van der Waals surface area (Å²) in [5.74, 6) is -1.03. The molecular weight excluding hydrogens is 517 g/mol. The van der Waals surface area contributed by atoms with E-state index in [1.54, 1.807) is 6.07 Å². The molecule has 0 amide bonds. The number of nitrogen functional groups attached to an aromatic ring is 2. The van der Waals surface area contributed by atoms with E-state index in [1.165, 1.54) is 32.4 Å². The molecule has 0 bridgehead atoms. The van der Waals surface area contributed by atoms with Gasteiger partial charge in [0.25, 0.3) is 0 Å². The van der Waals surface area contributed by atoms with E-state index in [1.807, 2.05) is 22.6 Å². The largest absolute Gasteiger partial charge is 0.465 e. The minimum absolute atomic E-state index is 0.148. The number of carbonyl (C=O) groups excluding carboxylic acids is 2. The zero-order valence-electron chi connectivity index (χ0n) is 13.6. The smallest absolute Gasteiger partial charge is 0.340 e. The van der Waals surface area contributed by atoms with Crippen LogP contribution in [0.25, 0.3) is 0 Å². The van der Waals surface area contributed by atoms with Gasteiger partial charge < -0.3 is 20.9 Å². The Hall–Kier alpha value is -1.42. The van der Waals surface area contributed by atoms with Crippen molar-refractivity contribution in [2.24, 2.45) is 0 Å². The number of anilines is 2. The summed E-state index contributed by atoms with van der Waals surface area (Å²) in [4.78, 5) is 22.3. The summed E-state index contributed by atoms with van der Waals surface area (Å²) >= 11 is 19.4. The summed E-state index contributed by atoms with van der Waals surface area (Å²) in [6, 6.07) is 6.11. The molecule has 10 heteroatoms. The highest BCUT2D eigenvalue weighted by Gasteiger charge is 2.19. The van der Waals surface area contributed by atoms with Gasteiger partial charge in [-0.3, -0.25) is 0 Å². The van der Waals surface area contributed by atoms with E-state index in [2.05, 4.69) is 9.47 Å². The van der Waals surface area contributed by atoms with E-state index in [-0.39, 0.29) is 15.6 Å². The third-order valence-electron chi connectivity index (χ3n) is 2.97. The molecule has 2 aromatic carbocycles. The first kappa shape index (κ1) is 22.6. The van der Waals surface area contributed by atoms with Gasteiger partial charge in [-0.1, -0.05) is 34.8 Å². The van der Waals surface area contributed by atoms with Gasteiger partial charge in [0.1, 0.15) is 0 Å². The number of nitrogens with two attached hydrogens (primary N) is 2. The summed E-state index contributed by atoms with van der Waals surface area (Å²) in [5, 5.41) is 0.726. The Morgan fingerprint density at radius 1 is 0.962 bits per heavy atom. The number of rotatable bonds is 2. The van der Waals surface area contributed by atoms with Crippen LogP contribution in [0.3, 0.4) is 0 Å². The first-order valence-electron chi connectivity index (χ1n) is 6.78. The number of esters is 2. The molecule has 6 nitrogen and oxygen atoms in total. The Bertz CT molecular complexity index is 847. The Morgan fingerprint density at radius 3 is 2.04 bits per heavy atom. The van der Waals surface area contributed by atoms with Gasteiger partial charge in [-0.25, -0.2) is 9.59 Å². The molecule has 2 aromatic rings. The van der Waals surface area contributed by atoms with Gasteiger partial charge in [-0.15, -0.1) is 0 Å². The Kier molecular flexibility index (Phi) is 8.75. The lowest BCUT2D eigenvalue weighted by molar-refractivity contribution is 0.0592. The van der Waals surface area contributed by atoms with Crippen molar-refractivity contribution in [3.05, 3.63) is 54.0 Å². The van der Waals surface area contributed by atoms with Crippen molar-refractivity contribution in [2.75, 3.05) is 25.7 Å². The second kappa shape index (κ2) is 10.1. The van der Waals surface area contributed by atoms with Gasteiger partial charge in [-0.2, -0.15) is 0 Å². The molecule has 0 saturated carbocycles. The van der Waals surface area contributed by atoms with Crippen molar-refractivity contribution in [1.82, 2.24) is 0 Å². The standard InChI is InChI=1S/C8H6Cl2INO2.C8H8ClNO2/c1-14-8(13)5-3(9)2-4(12)7(11)6(5)10;1-12-8(11)6-3-2-5(10)4-7(6)9/h2H,12H2,1H3;2-4H,10H2,1H3. The molecule has 0 aliphatic rings. The highest BCUT2D eigenvalue weighted by molar-refractivity contribution is 14.1. The first-order chi connectivity index (χ1) is 12.1. The number of carbonyl (C=O) groups is 2. The van der Waals surface area contributed by atoms with Crippen LogP contribution >= 0.6 is 57.4 Å². The fraction of sp³-hybridized carbons (Fsp3) is 0.125. The van der Waals surface area contributed by atoms with Crippen molar-refractivity contribution in [2.45, 2.75) is 0 Å². The Labute approximate surface area is 178 Å². The van der Waals surface area contributed by atoms with Gasteiger partial charge in [-0.05, 0) is 46.9 Å². The number of benzene rings is 2. The van der Waals surface area contributed by atoms with Crippen LogP contribution in [0.1, 0.15) is 20.7 Å². The summed E-state index contributed by atoms with van der Waals surface area (Å²) in [5.41, 5.74) is 12.5. The zero-order valence-corrected chi connectivity index (χ0v) is 18.0. The Balaban J connectivity index is 0.000000263. The van der Waals surface area contributed by atoms with Crippen LogP contribution < -0.4 is 11.5 Å². The third-order valence-corrected chi connectivity index (χ3v) is 5.44. The molecule has 0 aliphatic carbocycles. The first-order valence-corrected chi connectivity index (χ1v) is 8.99. The minimum Gasteiger partial charge on any atom is -0.465 e. The zero-order chi connectivity index (χ0) is 20.0. The molecule has 4 N–H and O–H groups in total. The number of ether oxygens (including phenoxy) is 2. The van der Waals surface area contributed by atoms with E-state index in [0.717, 1.165) is 0 Å². The highest BCUT2D eigenvalue weighted by Crippen LogP contribution is 2.34. The molecule has 0 spiro atoms. The number of hydrogen-bond donors (Lipinski definition) is 2. The second-order valence-corrected chi connectivity index (χ2v) is 6.94. The van der Waals surface area contributed by atoms with Crippen LogP contribution in [0.15, 0.2) is 24.3 Å². The van der Waals surface area contributed by atoms with Crippen LogP contribution in [0.4, 0.5) is 11.4 Å². The van der Waals surface area contributed by atoms with Crippen LogP contribution in [0.5, 0.6) is 0 Å². The second-order valence-electron chi connectivity index (χ2n) is 4.67. The van der Waals surface area contributed by atoms with Gasteiger partial charge in [0.15, 0.2) is 0 Å². The molecule has 26 heavy (non-hydrogen) atoms. The van der Waals surface area contributed by atoms with E-state index >= 15 is 0 Å². The maximum atomic E-state index is 11.3. The third kappa shape index (κ3) is 5.54. The lowest BCUT2D eigenvalue weighted by atomic mass is 10.2. The minimum atomic E-state index is -0.571. The van der Waals surface area contributed by atoms with Crippen molar-refractivity contribution >= 4 is 80.7 Å². The molecule has 0 radical (unpaired) electrons. The highest BCUT2D eigenvalue weighted by atomic mass is 127. The maximum Gasteiger partial charge on any atom is 0.340 e. The van der Waals surface area contributed by atoms with Crippen molar-refractivity contribution in [1.29, 1.82) is 0 Å². The normalized spacial score (nSPS) is 9.77. The van der Waals surface area contributed by atoms with Crippen molar-refractivity contribution in [3.63, 3.8) is 0 Å². The summed E-state index contributed by atoms with van der Waals surface area (Å²) < 4.78 is 9.63. The lowest BCUT2D eigenvalue weighted by Crippen LogP contribution is -2.05. The molecular formula is C16H14Cl3IN2O4. The summed E-state index contributed by atoms with van der Waals surface area (Å²) in [7, 11) is 2.56. The average Bonchev–Trinajstić information content (AvgIpc) is 2.59. The fourth-order valence-electron chi connectivity index (χ4n) is 1.71. The number of hydrogen-bond acceptors (Lipinski definition) is 6. The van der Waals surface area contributed by atoms with Crippen molar-refractivity contribution < 1.29 is 19.1 Å². The molecule has 0 aromatic heterocycles. The Morgan fingerprint density at radius 2 is 1.54 bits per heavy atom.